The quantitative estimate of drug-likeness (QED) is 0.606. The molecular weight excluding hydrogens is 156 g/mol. The van der Waals surface area contributed by atoms with E-state index in [1.165, 1.54) is 16.7 Å². The Morgan fingerprint density at radius 2 is 2.00 bits per heavy atom. The maximum Gasteiger partial charge on any atom is -0.00103 e. The summed E-state index contributed by atoms with van der Waals surface area (Å²) >= 11 is 0. The minimum Gasteiger partial charge on any atom is -0.102 e. The molecule has 0 saturated carbocycles. The van der Waals surface area contributed by atoms with Crippen LogP contribution in [0.1, 0.15) is 29.5 Å². The highest BCUT2D eigenvalue weighted by molar-refractivity contribution is 5.54. The fraction of sp³-hybridized carbons (Fsp3) is 0.231. The van der Waals surface area contributed by atoms with Crippen molar-refractivity contribution in [2.24, 2.45) is 0 Å². The van der Waals surface area contributed by atoms with Crippen LogP contribution in [0, 0.1) is 6.92 Å². The highest BCUT2D eigenvalue weighted by Gasteiger charge is 2.05. The predicted molar refractivity (Wildman–Crippen MR) is 59.9 cm³/mol. The van der Waals surface area contributed by atoms with Crippen molar-refractivity contribution in [1.82, 2.24) is 0 Å². The lowest BCUT2D eigenvalue weighted by molar-refractivity contribution is 0.954. The molecule has 0 saturated heterocycles. The van der Waals surface area contributed by atoms with E-state index in [-0.39, 0.29) is 0 Å². The fourth-order valence-electron chi connectivity index (χ4n) is 1.51. The van der Waals surface area contributed by atoms with Crippen molar-refractivity contribution < 1.29 is 0 Å². The Morgan fingerprint density at radius 3 is 2.54 bits per heavy atom. The standard InChI is InChI=1S/C13H16/c1-5-10(3)13-9-7-8-12(6-2)11(13)4/h5-10H,1-2H2,3-4H3. The van der Waals surface area contributed by atoms with Crippen molar-refractivity contribution in [2.45, 2.75) is 19.8 Å². The second-order valence-electron chi connectivity index (χ2n) is 3.29. The zero-order valence-corrected chi connectivity index (χ0v) is 8.38. The lowest BCUT2D eigenvalue weighted by Gasteiger charge is -2.12. The van der Waals surface area contributed by atoms with Crippen LogP contribution in [0.3, 0.4) is 0 Å². The molecule has 0 spiro atoms. The van der Waals surface area contributed by atoms with E-state index in [1.54, 1.807) is 0 Å². The predicted octanol–water partition coefficient (Wildman–Crippen LogP) is 3.93. The van der Waals surface area contributed by atoms with Gasteiger partial charge in [-0.1, -0.05) is 43.9 Å². The van der Waals surface area contributed by atoms with Crippen molar-refractivity contribution in [1.29, 1.82) is 0 Å². The molecule has 0 amide bonds. The molecule has 1 aromatic carbocycles. The van der Waals surface area contributed by atoms with Crippen molar-refractivity contribution in [3.63, 3.8) is 0 Å². The van der Waals surface area contributed by atoms with Crippen LogP contribution >= 0.6 is 0 Å². The maximum atomic E-state index is 3.81. The van der Waals surface area contributed by atoms with E-state index in [4.69, 9.17) is 0 Å². The summed E-state index contributed by atoms with van der Waals surface area (Å²) in [7, 11) is 0. The molecule has 13 heavy (non-hydrogen) atoms. The Balaban J connectivity index is 3.22. The van der Waals surface area contributed by atoms with Crippen LogP contribution in [0.4, 0.5) is 0 Å². The van der Waals surface area contributed by atoms with Crippen molar-refractivity contribution in [2.75, 3.05) is 0 Å². The Kier molecular flexibility index (Phi) is 3.07. The summed E-state index contributed by atoms with van der Waals surface area (Å²) < 4.78 is 0. The summed E-state index contributed by atoms with van der Waals surface area (Å²) in [5.41, 5.74) is 3.86. The van der Waals surface area contributed by atoms with Crippen molar-refractivity contribution in [3.05, 3.63) is 54.1 Å². The van der Waals surface area contributed by atoms with E-state index in [0.29, 0.717) is 5.92 Å². The van der Waals surface area contributed by atoms with Crippen LogP contribution in [0.15, 0.2) is 37.4 Å². The smallest absolute Gasteiger partial charge is 0.00103 e. The number of hydrogen-bond acceptors (Lipinski definition) is 0. The van der Waals surface area contributed by atoms with Gasteiger partial charge >= 0.3 is 0 Å². The topological polar surface area (TPSA) is 0 Å². The molecule has 0 heteroatoms. The summed E-state index contributed by atoms with van der Waals surface area (Å²) in [6.45, 7) is 11.9. The molecular formula is C13H16. The van der Waals surface area contributed by atoms with Crippen LogP contribution in [-0.4, -0.2) is 0 Å². The molecule has 0 aromatic heterocycles. The van der Waals surface area contributed by atoms with Crippen molar-refractivity contribution >= 4 is 6.08 Å². The van der Waals surface area contributed by atoms with Gasteiger partial charge in [-0.3, -0.25) is 0 Å². The molecule has 0 N–H and O–H groups in total. The van der Waals surface area contributed by atoms with E-state index in [2.05, 4.69) is 45.2 Å². The average molecular weight is 172 g/mol. The highest BCUT2D eigenvalue weighted by Crippen LogP contribution is 2.23. The Bertz CT molecular complexity index is 321. The second kappa shape index (κ2) is 4.08. The molecule has 0 aliphatic heterocycles. The zero-order valence-electron chi connectivity index (χ0n) is 8.38. The van der Waals surface area contributed by atoms with Gasteiger partial charge in [-0.25, -0.2) is 0 Å². The molecule has 0 fully saturated rings. The summed E-state index contributed by atoms with van der Waals surface area (Å²) in [6.07, 6.45) is 3.86. The average Bonchev–Trinajstić information content (AvgIpc) is 2.17. The molecule has 0 aliphatic rings. The van der Waals surface area contributed by atoms with Gasteiger partial charge in [-0.05, 0) is 29.5 Å². The second-order valence-corrected chi connectivity index (χ2v) is 3.29. The molecule has 1 atom stereocenters. The zero-order chi connectivity index (χ0) is 9.84. The minimum absolute atomic E-state index is 0.417. The first-order valence-electron chi connectivity index (χ1n) is 4.55. The molecule has 1 unspecified atom stereocenters. The molecule has 1 rings (SSSR count). The largest absolute Gasteiger partial charge is 0.102 e. The van der Waals surface area contributed by atoms with Gasteiger partial charge in [0, 0.05) is 0 Å². The van der Waals surface area contributed by atoms with Crippen LogP contribution in [0.2, 0.25) is 0 Å². The van der Waals surface area contributed by atoms with Gasteiger partial charge in [-0.15, -0.1) is 6.58 Å². The van der Waals surface area contributed by atoms with Gasteiger partial charge in [0.2, 0.25) is 0 Å². The molecule has 0 aliphatic carbocycles. The van der Waals surface area contributed by atoms with Crippen molar-refractivity contribution in [3.8, 4) is 0 Å². The Morgan fingerprint density at radius 1 is 1.31 bits per heavy atom. The van der Waals surface area contributed by atoms with Crippen LogP contribution < -0.4 is 0 Å². The molecule has 0 heterocycles. The summed E-state index contributed by atoms with van der Waals surface area (Å²) in [5.74, 6) is 0.417. The first kappa shape index (κ1) is 9.79. The number of benzene rings is 1. The van der Waals surface area contributed by atoms with E-state index >= 15 is 0 Å². The Hall–Kier alpha value is -1.30. The first-order valence-corrected chi connectivity index (χ1v) is 4.55. The highest BCUT2D eigenvalue weighted by atomic mass is 14.1. The van der Waals surface area contributed by atoms with Crippen LogP contribution in [0.5, 0.6) is 0 Å². The number of hydrogen-bond donors (Lipinski definition) is 0. The fourth-order valence-corrected chi connectivity index (χ4v) is 1.51. The third-order valence-corrected chi connectivity index (χ3v) is 2.48. The van der Waals surface area contributed by atoms with Gasteiger partial charge in [0.1, 0.15) is 0 Å². The normalized spacial score (nSPS) is 12.2. The minimum atomic E-state index is 0.417. The lowest BCUT2D eigenvalue weighted by atomic mass is 9.93. The van der Waals surface area contributed by atoms with E-state index in [1.807, 2.05) is 12.2 Å². The number of rotatable bonds is 3. The lowest BCUT2D eigenvalue weighted by Crippen LogP contribution is -1.94. The van der Waals surface area contributed by atoms with E-state index in [9.17, 15) is 0 Å². The SMILES string of the molecule is C=Cc1cccc(C(C)C=C)c1C. The van der Waals surface area contributed by atoms with Gasteiger partial charge in [0.25, 0.3) is 0 Å². The maximum absolute atomic E-state index is 3.81. The Labute approximate surface area is 80.6 Å². The summed E-state index contributed by atoms with van der Waals surface area (Å²) in [6, 6.07) is 6.30. The van der Waals surface area contributed by atoms with Gasteiger partial charge < -0.3 is 0 Å². The molecule has 1 aromatic rings. The third-order valence-electron chi connectivity index (χ3n) is 2.48. The van der Waals surface area contributed by atoms with E-state index < -0.39 is 0 Å². The van der Waals surface area contributed by atoms with Gasteiger partial charge in [-0.2, -0.15) is 0 Å². The van der Waals surface area contributed by atoms with Gasteiger partial charge in [0.15, 0.2) is 0 Å². The molecule has 0 bridgehead atoms. The third kappa shape index (κ3) is 1.89. The first-order chi connectivity index (χ1) is 6.20. The summed E-state index contributed by atoms with van der Waals surface area (Å²) in [5, 5.41) is 0. The monoisotopic (exact) mass is 172 g/mol. The number of allylic oxidation sites excluding steroid dienone is 1. The van der Waals surface area contributed by atoms with E-state index in [0.717, 1.165) is 0 Å². The summed E-state index contributed by atoms with van der Waals surface area (Å²) in [4.78, 5) is 0. The molecule has 0 nitrogen and oxygen atoms in total. The van der Waals surface area contributed by atoms with Crippen LogP contribution in [-0.2, 0) is 0 Å². The van der Waals surface area contributed by atoms with Crippen LogP contribution in [0.25, 0.3) is 6.08 Å². The molecule has 68 valence electrons. The van der Waals surface area contributed by atoms with Gasteiger partial charge in [0.05, 0.1) is 0 Å². The molecule has 0 radical (unpaired) electrons.